The van der Waals surface area contributed by atoms with Gasteiger partial charge in [0.25, 0.3) is 22.7 Å². The van der Waals surface area contributed by atoms with E-state index in [0.29, 0.717) is 0 Å². The summed E-state index contributed by atoms with van der Waals surface area (Å²) in [5, 5.41) is 56.4. The van der Waals surface area contributed by atoms with Gasteiger partial charge in [0.2, 0.25) is 0 Å². The molecule has 0 amide bonds. The van der Waals surface area contributed by atoms with E-state index >= 15 is 0 Å². The van der Waals surface area contributed by atoms with Gasteiger partial charge in [0.15, 0.2) is 0 Å². The molecular weight excluding hydrogens is 432 g/mol. The maximum atomic E-state index is 11.4. The number of non-ortho nitro benzene ring substituents is 2. The fraction of sp³-hybridized carbons (Fsp3) is 0.294. The van der Waals surface area contributed by atoms with Crippen LogP contribution in [0.4, 0.5) is 34.1 Å². The van der Waals surface area contributed by atoms with Crippen LogP contribution in [0.3, 0.4) is 0 Å². The van der Waals surface area contributed by atoms with Gasteiger partial charge in [0.05, 0.1) is 31.8 Å². The van der Waals surface area contributed by atoms with Crippen molar-refractivity contribution >= 4 is 34.1 Å². The molecule has 0 aliphatic carbocycles. The van der Waals surface area contributed by atoms with Gasteiger partial charge in [-0.2, -0.15) is 0 Å². The lowest BCUT2D eigenvalue weighted by molar-refractivity contribution is -0.394. The lowest BCUT2D eigenvalue weighted by Gasteiger charge is -2.24. The standard InChI is InChI=1S/C17H18N6O9/c24-9-1-7-19(15-5-3-13(21(27)28)11-17(15)23(31)32)8-6-18-14-4-2-12(20(25)26)10-16(14)22(29)30/h2-5,10-11,18,24H,1,6-9H2. The molecular formula is C17H18N6O9. The minimum absolute atomic E-state index is 0.0147. The van der Waals surface area contributed by atoms with Crippen LogP contribution in [0.25, 0.3) is 0 Å². The summed E-state index contributed by atoms with van der Waals surface area (Å²) >= 11 is 0. The number of nitrogens with zero attached hydrogens (tertiary/aromatic N) is 5. The molecule has 0 spiro atoms. The monoisotopic (exact) mass is 450 g/mol. The summed E-state index contributed by atoms with van der Waals surface area (Å²) in [6.07, 6.45) is 0.242. The zero-order valence-electron chi connectivity index (χ0n) is 16.4. The number of nitro benzene ring substituents is 4. The van der Waals surface area contributed by atoms with Crippen LogP contribution in [0.2, 0.25) is 0 Å². The smallest absolute Gasteiger partial charge is 0.299 e. The Morgan fingerprint density at radius 3 is 1.88 bits per heavy atom. The quantitative estimate of drug-likeness (QED) is 0.354. The van der Waals surface area contributed by atoms with E-state index in [-0.39, 0.29) is 44.0 Å². The largest absolute Gasteiger partial charge is 0.396 e. The summed E-state index contributed by atoms with van der Waals surface area (Å²) in [6, 6.07) is 6.26. The minimum atomic E-state index is -0.778. The van der Waals surface area contributed by atoms with E-state index in [9.17, 15) is 40.5 Å². The molecule has 0 fully saturated rings. The minimum Gasteiger partial charge on any atom is -0.396 e. The van der Waals surface area contributed by atoms with E-state index < -0.39 is 42.4 Å². The lowest BCUT2D eigenvalue weighted by atomic mass is 10.2. The van der Waals surface area contributed by atoms with Gasteiger partial charge in [-0.15, -0.1) is 0 Å². The van der Waals surface area contributed by atoms with Gasteiger partial charge in [0, 0.05) is 38.4 Å². The second-order valence-electron chi connectivity index (χ2n) is 6.39. The Kier molecular flexibility index (Phi) is 7.89. The van der Waals surface area contributed by atoms with Gasteiger partial charge >= 0.3 is 0 Å². The van der Waals surface area contributed by atoms with Gasteiger partial charge < -0.3 is 15.3 Å². The van der Waals surface area contributed by atoms with Crippen molar-refractivity contribution in [2.75, 3.05) is 36.5 Å². The number of nitrogens with one attached hydrogen (secondary N) is 1. The van der Waals surface area contributed by atoms with E-state index in [1.165, 1.54) is 17.0 Å². The maximum Gasteiger partial charge on any atom is 0.299 e. The van der Waals surface area contributed by atoms with Crippen LogP contribution in [0.15, 0.2) is 36.4 Å². The van der Waals surface area contributed by atoms with Crippen LogP contribution in [-0.2, 0) is 0 Å². The molecule has 0 heterocycles. The molecule has 0 aliphatic heterocycles. The second-order valence-corrected chi connectivity index (χ2v) is 6.39. The predicted octanol–water partition coefficient (Wildman–Crippen LogP) is 2.62. The Balaban J connectivity index is 2.26. The molecule has 2 aromatic rings. The fourth-order valence-corrected chi connectivity index (χ4v) is 2.91. The molecule has 32 heavy (non-hydrogen) atoms. The first-order valence-corrected chi connectivity index (χ1v) is 9.11. The van der Waals surface area contributed by atoms with Crippen LogP contribution in [-0.4, -0.2) is 51.0 Å². The predicted molar refractivity (Wildman–Crippen MR) is 112 cm³/mol. The van der Waals surface area contributed by atoms with Crippen molar-refractivity contribution in [3.8, 4) is 0 Å². The molecule has 0 radical (unpaired) electrons. The van der Waals surface area contributed by atoms with Crippen molar-refractivity contribution in [3.63, 3.8) is 0 Å². The van der Waals surface area contributed by atoms with Gasteiger partial charge in [-0.05, 0) is 18.6 Å². The molecule has 0 aliphatic rings. The van der Waals surface area contributed by atoms with Crippen molar-refractivity contribution in [1.29, 1.82) is 0 Å². The Morgan fingerprint density at radius 2 is 1.34 bits per heavy atom. The van der Waals surface area contributed by atoms with Gasteiger partial charge in [-0.25, -0.2) is 0 Å². The highest BCUT2D eigenvalue weighted by Gasteiger charge is 2.24. The molecule has 0 unspecified atom stereocenters. The van der Waals surface area contributed by atoms with E-state index in [2.05, 4.69) is 5.32 Å². The SMILES string of the molecule is O=[N+]([O-])c1ccc(NCCN(CCCO)c2ccc([N+](=O)[O-])cc2[N+](=O)[O-])c([N+](=O)[O-])c1. The van der Waals surface area contributed by atoms with Crippen molar-refractivity contribution in [2.45, 2.75) is 6.42 Å². The summed E-state index contributed by atoms with van der Waals surface area (Å²) in [4.78, 5) is 42.9. The highest BCUT2D eigenvalue weighted by molar-refractivity contribution is 5.68. The summed E-state index contributed by atoms with van der Waals surface area (Å²) in [6.45, 7) is 0.0722. The summed E-state index contributed by atoms with van der Waals surface area (Å²) in [5.74, 6) is 0. The van der Waals surface area contributed by atoms with E-state index in [0.717, 1.165) is 24.3 Å². The molecule has 0 bridgehead atoms. The average Bonchev–Trinajstić information content (AvgIpc) is 2.75. The Bertz CT molecular complexity index is 1050. The summed E-state index contributed by atoms with van der Waals surface area (Å²) in [5.41, 5.74) is -1.83. The van der Waals surface area contributed by atoms with Crippen molar-refractivity contribution < 1.29 is 24.8 Å². The zero-order valence-corrected chi connectivity index (χ0v) is 16.4. The lowest BCUT2D eigenvalue weighted by Crippen LogP contribution is -2.31. The number of rotatable bonds is 12. The van der Waals surface area contributed by atoms with Gasteiger partial charge in [-0.1, -0.05) is 0 Å². The third-order valence-electron chi connectivity index (χ3n) is 4.38. The topological polar surface area (TPSA) is 208 Å². The Morgan fingerprint density at radius 1 is 0.781 bits per heavy atom. The van der Waals surface area contributed by atoms with Crippen LogP contribution in [0, 0.1) is 40.5 Å². The third-order valence-corrected chi connectivity index (χ3v) is 4.38. The van der Waals surface area contributed by atoms with E-state index in [4.69, 9.17) is 5.11 Å². The number of hydrogen-bond acceptors (Lipinski definition) is 11. The molecule has 2 rings (SSSR count). The number of hydrogen-bond donors (Lipinski definition) is 2. The van der Waals surface area contributed by atoms with Crippen LogP contribution < -0.4 is 10.2 Å². The first-order chi connectivity index (χ1) is 15.1. The summed E-state index contributed by atoms with van der Waals surface area (Å²) < 4.78 is 0. The molecule has 0 atom stereocenters. The van der Waals surface area contributed by atoms with Crippen molar-refractivity contribution in [3.05, 3.63) is 76.9 Å². The molecule has 2 N–H and O–H groups in total. The maximum absolute atomic E-state index is 11.4. The summed E-state index contributed by atoms with van der Waals surface area (Å²) in [7, 11) is 0. The first-order valence-electron chi connectivity index (χ1n) is 9.11. The van der Waals surface area contributed by atoms with E-state index in [1.54, 1.807) is 0 Å². The molecule has 2 aromatic carbocycles. The Labute approximate surface area is 179 Å². The molecule has 0 saturated heterocycles. The van der Waals surface area contributed by atoms with Crippen LogP contribution in [0.1, 0.15) is 6.42 Å². The van der Waals surface area contributed by atoms with Crippen LogP contribution >= 0.6 is 0 Å². The number of aliphatic hydroxyl groups is 1. The Hall–Kier alpha value is -4.40. The number of nitro groups is 4. The molecule has 0 saturated carbocycles. The second kappa shape index (κ2) is 10.6. The third kappa shape index (κ3) is 5.82. The van der Waals surface area contributed by atoms with Gasteiger partial charge in [-0.3, -0.25) is 40.5 Å². The number of anilines is 2. The van der Waals surface area contributed by atoms with Crippen molar-refractivity contribution in [2.24, 2.45) is 0 Å². The normalized spacial score (nSPS) is 10.4. The zero-order chi connectivity index (χ0) is 23.8. The number of benzene rings is 2. The van der Waals surface area contributed by atoms with Crippen LogP contribution in [0.5, 0.6) is 0 Å². The fourth-order valence-electron chi connectivity index (χ4n) is 2.91. The molecule has 0 aromatic heterocycles. The first kappa shape index (κ1) is 23.9. The van der Waals surface area contributed by atoms with Gasteiger partial charge in [0.1, 0.15) is 11.4 Å². The molecule has 170 valence electrons. The number of aliphatic hydroxyl groups excluding tert-OH is 1. The highest BCUT2D eigenvalue weighted by atomic mass is 16.6. The van der Waals surface area contributed by atoms with E-state index in [1.807, 2.05) is 0 Å². The average molecular weight is 450 g/mol. The molecule has 15 heteroatoms. The molecule has 15 nitrogen and oxygen atoms in total. The van der Waals surface area contributed by atoms with Crippen molar-refractivity contribution in [1.82, 2.24) is 0 Å². The highest BCUT2D eigenvalue weighted by Crippen LogP contribution is 2.32.